The number of hydrogen-bond acceptors (Lipinski definition) is 2. The van der Waals surface area contributed by atoms with Crippen LogP contribution in [0.2, 0.25) is 5.02 Å². The molecule has 0 spiro atoms. The molecule has 0 saturated carbocycles. The maximum absolute atomic E-state index is 12.0. The highest BCUT2D eigenvalue weighted by Crippen LogP contribution is 2.19. The zero-order valence-corrected chi connectivity index (χ0v) is 12.0. The maximum Gasteiger partial charge on any atom is 0.0583 e. The van der Waals surface area contributed by atoms with Gasteiger partial charge in [-0.05, 0) is 37.3 Å². The lowest BCUT2D eigenvalue weighted by Crippen LogP contribution is -2.21. The number of benzene rings is 1. The number of halogens is 1. The van der Waals surface area contributed by atoms with Crippen LogP contribution < -0.4 is 0 Å². The van der Waals surface area contributed by atoms with Crippen molar-refractivity contribution in [2.45, 2.75) is 37.5 Å². The fourth-order valence-corrected chi connectivity index (χ4v) is 3.71. The Balaban J connectivity index is 1.76. The predicted octanol–water partition coefficient (Wildman–Crippen LogP) is 3.55. The summed E-state index contributed by atoms with van der Waals surface area (Å²) in [6.45, 7) is 0.863. The van der Waals surface area contributed by atoms with Gasteiger partial charge in [-0.25, -0.2) is 0 Å². The molecular formula is C14H19ClO2S. The second-order valence-corrected chi connectivity index (χ2v) is 6.64. The van der Waals surface area contributed by atoms with Crippen LogP contribution in [0.15, 0.2) is 24.3 Å². The molecular weight excluding hydrogens is 268 g/mol. The van der Waals surface area contributed by atoms with Crippen molar-refractivity contribution in [2.75, 3.05) is 12.4 Å². The minimum atomic E-state index is -0.847. The Morgan fingerprint density at radius 2 is 2.17 bits per heavy atom. The van der Waals surface area contributed by atoms with Gasteiger partial charge in [-0.1, -0.05) is 29.8 Å². The van der Waals surface area contributed by atoms with E-state index >= 15 is 0 Å². The second-order valence-electron chi connectivity index (χ2n) is 4.66. The fourth-order valence-electron chi connectivity index (χ4n) is 2.16. The third kappa shape index (κ3) is 4.38. The molecule has 1 saturated heterocycles. The van der Waals surface area contributed by atoms with Crippen LogP contribution in [-0.2, 0) is 21.3 Å². The standard InChI is InChI=1S/C14H19ClO2S/c15-14-7-2-1-5-12(14)11-18(16)10-8-13-6-3-4-9-17-13/h1-2,5,7,13H,3-4,6,8-11H2/t13-,18+/m1/s1. The highest BCUT2D eigenvalue weighted by Gasteiger charge is 2.15. The van der Waals surface area contributed by atoms with Crippen LogP contribution in [0.3, 0.4) is 0 Å². The topological polar surface area (TPSA) is 26.3 Å². The molecule has 1 fully saturated rings. The van der Waals surface area contributed by atoms with Crippen LogP contribution in [0.4, 0.5) is 0 Å². The SMILES string of the molecule is O=[S@@](CC[C@H]1CCCCO1)Cc1ccccc1Cl. The van der Waals surface area contributed by atoms with Gasteiger partial charge in [0.15, 0.2) is 0 Å². The first-order valence-corrected chi connectivity index (χ1v) is 8.32. The summed E-state index contributed by atoms with van der Waals surface area (Å²) in [7, 11) is -0.847. The van der Waals surface area contributed by atoms with Crippen molar-refractivity contribution in [2.24, 2.45) is 0 Å². The van der Waals surface area contributed by atoms with Gasteiger partial charge in [0.1, 0.15) is 0 Å². The molecule has 0 unspecified atom stereocenters. The molecule has 2 nitrogen and oxygen atoms in total. The average molecular weight is 287 g/mol. The van der Waals surface area contributed by atoms with Gasteiger partial charge in [-0.15, -0.1) is 0 Å². The zero-order chi connectivity index (χ0) is 12.8. The van der Waals surface area contributed by atoms with Gasteiger partial charge in [0, 0.05) is 33.9 Å². The maximum atomic E-state index is 12.0. The van der Waals surface area contributed by atoms with Crippen molar-refractivity contribution in [3.8, 4) is 0 Å². The highest BCUT2D eigenvalue weighted by atomic mass is 35.5. The Morgan fingerprint density at radius 3 is 2.89 bits per heavy atom. The molecule has 0 radical (unpaired) electrons. The quantitative estimate of drug-likeness (QED) is 0.827. The lowest BCUT2D eigenvalue weighted by Gasteiger charge is -2.22. The molecule has 18 heavy (non-hydrogen) atoms. The Bertz CT molecular complexity index is 403. The van der Waals surface area contributed by atoms with Crippen LogP contribution in [-0.4, -0.2) is 22.7 Å². The van der Waals surface area contributed by atoms with E-state index in [2.05, 4.69) is 0 Å². The first kappa shape index (κ1) is 14.0. The minimum Gasteiger partial charge on any atom is -0.378 e. The third-order valence-corrected chi connectivity index (χ3v) is 4.91. The highest BCUT2D eigenvalue weighted by molar-refractivity contribution is 7.84. The molecule has 0 bridgehead atoms. The molecule has 0 aliphatic carbocycles. The normalized spacial score (nSPS) is 21.7. The van der Waals surface area contributed by atoms with E-state index in [0.29, 0.717) is 22.6 Å². The van der Waals surface area contributed by atoms with Crippen molar-refractivity contribution >= 4 is 22.4 Å². The van der Waals surface area contributed by atoms with E-state index in [4.69, 9.17) is 16.3 Å². The van der Waals surface area contributed by atoms with Crippen LogP contribution in [0.5, 0.6) is 0 Å². The summed E-state index contributed by atoms with van der Waals surface area (Å²) in [5.74, 6) is 1.25. The fraction of sp³-hybridized carbons (Fsp3) is 0.571. The van der Waals surface area contributed by atoms with Gasteiger partial charge in [0.25, 0.3) is 0 Å². The van der Waals surface area contributed by atoms with Gasteiger partial charge >= 0.3 is 0 Å². The van der Waals surface area contributed by atoms with Gasteiger partial charge in [-0.3, -0.25) is 4.21 Å². The lowest BCUT2D eigenvalue weighted by atomic mass is 10.1. The van der Waals surface area contributed by atoms with Gasteiger partial charge in [0.05, 0.1) is 6.10 Å². The van der Waals surface area contributed by atoms with Crippen molar-refractivity contribution < 1.29 is 8.95 Å². The van der Waals surface area contributed by atoms with E-state index in [0.717, 1.165) is 25.0 Å². The second kappa shape index (κ2) is 7.27. The third-order valence-electron chi connectivity index (χ3n) is 3.22. The van der Waals surface area contributed by atoms with E-state index in [-0.39, 0.29) is 0 Å². The molecule has 2 rings (SSSR count). The van der Waals surface area contributed by atoms with E-state index < -0.39 is 10.8 Å². The van der Waals surface area contributed by atoms with Gasteiger partial charge in [0.2, 0.25) is 0 Å². The summed E-state index contributed by atoms with van der Waals surface area (Å²) in [5, 5.41) is 0.708. The Hall–Kier alpha value is -0.380. The lowest BCUT2D eigenvalue weighted by molar-refractivity contribution is 0.0148. The Kier molecular flexibility index (Phi) is 5.67. The molecule has 0 N–H and O–H groups in total. The number of ether oxygens (including phenoxy) is 1. The van der Waals surface area contributed by atoms with E-state index in [1.54, 1.807) is 0 Å². The van der Waals surface area contributed by atoms with E-state index in [9.17, 15) is 4.21 Å². The first-order chi connectivity index (χ1) is 8.75. The molecule has 0 aromatic heterocycles. The first-order valence-electron chi connectivity index (χ1n) is 6.45. The summed E-state index contributed by atoms with van der Waals surface area (Å²) in [6, 6.07) is 7.61. The molecule has 4 heteroatoms. The summed E-state index contributed by atoms with van der Waals surface area (Å²) >= 11 is 6.06. The Labute approximate surface area is 116 Å². The van der Waals surface area contributed by atoms with Crippen LogP contribution in [0.1, 0.15) is 31.2 Å². The van der Waals surface area contributed by atoms with Gasteiger partial charge in [-0.2, -0.15) is 0 Å². The van der Waals surface area contributed by atoms with Crippen LogP contribution in [0, 0.1) is 0 Å². The summed E-state index contributed by atoms with van der Waals surface area (Å²) in [6.07, 6.45) is 4.73. The minimum absolute atomic E-state index is 0.314. The van der Waals surface area contributed by atoms with Crippen molar-refractivity contribution in [1.82, 2.24) is 0 Å². The molecule has 2 atom stereocenters. The van der Waals surface area contributed by atoms with Crippen molar-refractivity contribution in [1.29, 1.82) is 0 Å². The summed E-state index contributed by atoms with van der Waals surface area (Å²) < 4.78 is 17.6. The average Bonchev–Trinajstić information content (AvgIpc) is 2.40. The number of rotatable bonds is 5. The monoisotopic (exact) mass is 286 g/mol. The van der Waals surface area contributed by atoms with Gasteiger partial charge < -0.3 is 4.74 Å². The molecule has 1 aromatic carbocycles. The smallest absolute Gasteiger partial charge is 0.0583 e. The number of hydrogen-bond donors (Lipinski definition) is 0. The molecule has 1 aromatic rings. The largest absolute Gasteiger partial charge is 0.378 e. The molecule has 100 valence electrons. The summed E-state index contributed by atoms with van der Waals surface area (Å²) in [4.78, 5) is 0. The zero-order valence-electron chi connectivity index (χ0n) is 10.4. The van der Waals surface area contributed by atoms with Crippen molar-refractivity contribution in [3.63, 3.8) is 0 Å². The summed E-state index contributed by atoms with van der Waals surface area (Å²) in [5.41, 5.74) is 0.974. The predicted molar refractivity (Wildman–Crippen MR) is 76.4 cm³/mol. The van der Waals surface area contributed by atoms with Crippen LogP contribution >= 0.6 is 11.6 Å². The molecule has 1 heterocycles. The van der Waals surface area contributed by atoms with Crippen molar-refractivity contribution in [3.05, 3.63) is 34.9 Å². The molecule has 0 amide bonds. The molecule has 1 aliphatic rings. The van der Waals surface area contributed by atoms with E-state index in [1.807, 2.05) is 24.3 Å². The molecule has 1 aliphatic heterocycles. The van der Waals surface area contributed by atoms with E-state index in [1.165, 1.54) is 12.8 Å². The van der Waals surface area contributed by atoms with Crippen LogP contribution in [0.25, 0.3) is 0 Å². The Morgan fingerprint density at radius 1 is 1.33 bits per heavy atom.